The minimum atomic E-state index is -0.188. The van der Waals surface area contributed by atoms with Crippen LogP contribution in [0.25, 0.3) is 39.2 Å². The van der Waals surface area contributed by atoms with Gasteiger partial charge in [0, 0.05) is 72.3 Å². The average Bonchev–Trinajstić information content (AvgIpc) is 3.77. The van der Waals surface area contributed by atoms with E-state index in [2.05, 4.69) is 25.9 Å². The number of carbonyl (C=O) groups excluding carboxylic acids is 1. The lowest BCUT2D eigenvalue weighted by Gasteiger charge is -2.16. The van der Waals surface area contributed by atoms with Crippen LogP contribution in [0.3, 0.4) is 0 Å². The van der Waals surface area contributed by atoms with Crippen molar-refractivity contribution < 1.29 is 9.53 Å². The van der Waals surface area contributed by atoms with E-state index in [9.17, 15) is 9.59 Å². The molecule has 0 spiro atoms. The van der Waals surface area contributed by atoms with Crippen molar-refractivity contribution in [2.45, 2.75) is 25.4 Å². The molecule has 2 aliphatic rings. The van der Waals surface area contributed by atoms with Crippen molar-refractivity contribution in [1.82, 2.24) is 30.3 Å². The first-order valence-corrected chi connectivity index (χ1v) is 16.1. The lowest BCUT2D eigenvalue weighted by atomic mass is 9.97. The van der Waals surface area contributed by atoms with Gasteiger partial charge in [-0.3, -0.25) is 19.0 Å². The first-order chi connectivity index (χ1) is 22.9. The summed E-state index contributed by atoms with van der Waals surface area (Å²) in [7, 11) is 1.59. The molecule has 238 valence electrons. The zero-order valence-corrected chi connectivity index (χ0v) is 27.0. The van der Waals surface area contributed by atoms with Crippen LogP contribution in [0.4, 0.5) is 0 Å². The summed E-state index contributed by atoms with van der Waals surface area (Å²) in [4.78, 5) is 38.3. The molecule has 10 nitrogen and oxygen atoms in total. The Balaban J connectivity index is 1.17. The molecule has 1 saturated heterocycles. The molecule has 0 aliphatic carbocycles. The normalized spacial score (nSPS) is 15.9. The predicted octanol–water partition coefficient (Wildman–Crippen LogP) is 5.12. The number of halogens is 2. The molecule has 5 heterocycles. The van der Waals surface area contributed by atoms with E-state index in [4.69, 9.17) is 32.9 Å². The molecule has 1 amide bonds. The Morgan fingerprint density at radius 3 is 2.47 bits per heavy atom. The lowest BCUT2D eigenvalue weighted by molar-refractivity contribution is -0.119. The molecule has 1 fully saturated rings. The minimum absolute atomic E-state index is 0.0961. The molecule has 2 aliphatic heterocycles. The van der Waals surface area contributed by atoms with Gasteiger partial charge in [-0.05, 0) is 30.2 Å². The van der Waals surface area contributed by atoms with E-state index in [0.717, 1.165) is 39.8 Å². The second kappa shape index (κ2) is 13.2. The monoisotopic (exact) mass is 667 g/mol. The highest BCUT2D eigenvalue weighted by atomic mass is 35.5. The van der Waals surface area contributed by atoms with Crippen molar-refractivity contribution in [1.29, 1.82) is 0 Å². The number of amidine groups is 1. The van der Waals surface area contributed by atoms with Gasteiger partial charge in [-0.25, -0.2) is 9.97 Å². The fraction of sp³-hybridized carbons (Fsp3) is 0.229. The maximum Gasteiger partial charge on any atom is 0.268 e. The van der Waals surface area contributed by atoms with Crippen molar-refractivity contribution in [2.24, 2.45) is 4.99 Å². The highest BCUT2D eigenvalue weighted by Crippen LogP contribution is 2.42. The zero-order chi connectivity index (χ0) is 32.5. The number of fused-ring (bicyclic) bond motifs is 1. The van der Waals surface area contributed by atoms with Crippen molar-refractivity contribution in [3.8, 4) is 39.4 Å². The van der Waals surface area contributed by atoms with E-state index >= 15 is 0 Å². The quantitative estimate of drug-likeness (QED) is 0.199. The van der Waals surface area contributed by atoms with Gasteiger partial charge < -0.3 is 20.7 Å². The van der Waals surface area contributed by atoms with Gasteiger partial charge in [0.15, 0.2) is 0 Å². The molecule has 0 unspecified atom stereocenters. The van der Waals surface area contributed by atoms with Gasteiger partial charge in [0.05, 0.1) is 29.4 Å². The van der Waals surface area contributed by atoms with Crippen molar-refractivity contribution in [3.05, 3.63) is 105 Å². The largest absolute Gasteiger partial charge is 0.481 e. The van der Waals surface area contributed by atoms with Crippen molar-refractivity contribution in [2.75, 3.05) is 26.7 Å². The molecule has 47 heavy (non-hydrogen) atoms. The molecule has 7 rings (SSSR count). The van der Waals surface area contributed by atoms with Gasteiger partial charge in [0.25, 0.3) is 5.56 Å². The average molecular weight is 669 g/mol. The number of aliphatic imine (C=N–C) groups is 1. The summed E-state index contributed by atoms with van der Waals surface area (Å²) in [6, 6.07) is 19.3. The summed E-state index contributed by atoms with van der Waals surface area (Å²) >= 11 is 14.1. The summed E-state index contributed by atoms with van der Waals surface area (Å²) < 4.78 is 7.15. The molecule has 0 bridgehead atoms. The highest BCUT2D eigenvalue weighted by Gasteiger charge is 2.21. The van der Waals surface area contributed by atoms with Gasteiger partial charge in [0.1, 0.15) is 17.0 Å². The summed E-state index contributed by atoms with van der Waals surface area (Å²) in [5.41, 5.74) is 6.16. The molecular weight excluding hydrogens is 637 g/mol. The van der Waals surface area contributed by atoms with Crippen LogP contribution in [0.15, 0.2) is 82.8 Å². The molecule has 3 N–H and O–H groups in total. The van der Waals surface area contributed by atoms with Crippen LogP contribution in [-0.4, -0.2) is 58.9 Å². The van der Waals surface area contributed by atoms with Crippen LogP contribution in [-0.2, 0) is 11.3 Å². The number of benzene rings is 2. The topological polar surface area (TPSA) is 122 Å². The number of hydrogen-bond donors (Lipinski definition) is 3. The zero-order valence-electron chi connectivity index (χ0n) is 25.5. The number of carbonyl (C=O) groups is 1. The Morgan fingerprint density at radius 1 is 0.979 bits per heavy atom. The molecule has 0 saturated carbocycles. The first kappa shape index (κ1) is 30.9. The fourth-order valence-electron chi connectivity index (χ4n) is 6.03. The van der Waals surface area contributed by atoms with Gasteiger partial charge >= 0.3 is 0 Å². The number of nitrogens with one attached hydrogen (secondary N) is 3. The Kier molecular flexibility index (Phi) is 8.64. The second-order valence-electron chi connectivity index (χ2n) is 11.4. The third-order valence-electron chi connectivity index (χ3n) is 8.44. The van der Waals surface area contributed by atoms with Crippen LogP contribution in [0.2, 0.25) is 10.0 Å². The number of hydrogen-bond acceptors (Lipinski definition) is 8. The molecule has 2 aromatic carbocycles. The summed E-state index contributed by atoms with van der Waals surface area (Å²) in [5, 5.41) is 10.5. The van der Waals surface area contributed by atoms with Gasteiger partial charge in [0.2, 0.25) is 11.8 Å². The Morgan fingerprint density at radius 2 is 1.74 bits per heavy atom. The Bertz CT molecular complexity index is 2110. The highest BCUT2D eigenvalue weighted by molar-refractivity contribution is 6.39. The maximum absolute atomic E-state index is 13.2. The van der Waals surface area contributed by atoms with E-state index in [-0.39, 0.29) is 17.5 Å². The lowest BCUT2D eigenvalue weighted by Crippen LogP contribution is -2.35. The van der Waals surface area contributed by atoms with E-state index in [1.807, 2.05) is 60.7 Å². The smallest absolute Gasteiger partial charge is 0.268 e. The third-order valence-corrected chi connectivity index (χ3v) is 9.25. The van der Waals surface area contributed by atoms with Crippen molar-refractivity contribution >= 4 is 40.6 Å². The molecule has 0 radical (unpaired) electrons. The number of aromatic nitrogens is 3. The minimum Gasteiger partial charge on any atom is -0.481 e. The maximum atomic E-state index is 13.2. The molecular formula is C35H31Cl2N7O3. The molecule has 5 aromatic rings. The number of amides is 1. The van der Waals surface area contributed by atoms with Crippen LogP contribution in [0.5, 0.6) is 5.88 Å². The fourth-order valence-corrected chi connectivity index (χ4v) is 6.69. The van der Waals surface area contributed by atoms with Gasteiger partial charge in [-0.1, -0.05) is 65.7 Å². The van der Waals surface area contributed by atoms with E-state index in [1.165, 1.54) is 4.40 Å². The van der Waals surface area contributed by atoms with Crippen LogP contribution >= 0.6 is 23.2 Å². The number of methoxy groups -OCH3 is 1. The van der Waals surface area contributed by atoms with E-state index in [1.54, 1.807) is 19.5 Å². The molecule has 12 heteroatoms. The van der Waals surface area contributed by atoms with E-state index < -0.39 is 0 Å². The molecule has 1 atom stereocenters. The van der Waals surface area contributed by atoms with Gasteiger partial charge in [-0.15, -0.1) is 0 Å². The van der Waals surface area contributed by atoms with Crippen LogP contribution < -0.4 is 26.2 Å². The van der Waals surface area contributed by atoms with Gasteiger partial charge in [-0.2, -0.15) is 0 Å². The third kappa shape index (κ3) is 6.07. The summed E-state index contributed by atoms with van der Waals surface area (Å²) in [5.74, 6) is 1.17. The van der Waals surface area contributed by atoms with Crippen LogP contribution in [0.1, 0.15) is 24.0 Å². The first-order valence-electron chi connectivity index (χ1n) is 15.3. The predicted molar refractivity (Wildman–Crippen MR) is 184 cm³/mol. The standard InChI is InChI=1S/C35H31Cl2N7O3/c1-47-34-21(17-38-18-22-9-11-30(45)42-22)8-10-28(43-34)26-7-3-6-25(32(26)37)24-5-2-4-23(31(24)36)20-12-15-44-29(16-20)41-19-27(35(44)46)33-39-13-14-40-33/h2-8,10,12,15-16,19,22,38H,9,11,13-14,17-18H2,1H3,(H,39,40)(H,42,45)/t22-/m1/s1. The van der Waals surface area contributed by atoms with Crippen LogP contribution in [0, 0.1) is 0 Å². The number of nitrogens with zero attached hydrogens (tertiary/aromatic N) is 4. The molecule has 3 aromatic heterocycles. The number of rotatable bonds is 9. The summed E-state index contributed by atoms with van der Waals surface area (Å²) in [6.45, 7) is 2.56. The van der Waals surface area contributed by atoms with Crippen molar-refractivity contribution in [3.63, 3.8) is 0 Å². The number of pyridine rings is 2. The second-order valence-corrected chi connectivity index (χ2v) is 12.2. The number of ether oxygens (including phenoxy) is 1. The Hall–Kier alpha value is -4.77. The summed E-state index contributed by atoms with van der Waals surface area (Å²) in [6.07, 6.45) is 4.67. The SMILES string of the molecule is COc1nc(-c2cccc(-c3cccc(-c4ccn5c(=O)c(C6=NCCN6)cnc5c4)c3Cl)c2Cl)ccc1CNC[C@H]1CCC(=O)N1. The van der Waals surface area contributed by atoms with E-state index in [0.29, 0.717) is 71.3 Å². The Labute approximate surface area is 280 Å².